The van der Waals surface area contributed by atoms with Gasteiger partial charge >= 0.3 is 0 Å². The maximum atomic E-state index is 14.8. The number of nitrogens with zero attached hydrogens (tertiary/aromatic N) is 4. The average molecular weight is 702 g/mol. The summed E-state index contributed by atoms with van der Waals surface area (Å²) in [6.07, 6.45) is 7.05. The van der Waals surface area contributed by atoms with E-state index in [4.69, 9.17) is 10.5 Å². The summed E-state index contributed by atoms with van der Waals surface area (Å²) in [6.45, 7) is 3.48. The molecule has 3 aromatic rings. The van der Waals surface area contributed by atoms with Gasteiger partial charge in [0.1, 0.15) is 23.2 Å². The van der Waals surface area contributed by atoms with Crippen LogP contribution in [-0.2, 0) is 29.5 Å². The third-order valence-corrected chi connectivity index (χ3v) is 10.7. The maximum absolute atomic E-state index is 14.8. The molecule has 14 heteroatoms. The lowest BCUT2D eigenvalue weighted by atomic mass is 9.84. The Morgan fingerprint density at radius 2 is 1.75 bits per heavy atom. The zero-order chi connectivity index (χ0) is 36.3. The van der Waals surface area contributed by atoms with Crippen LogP contribution in [0.3, 0.4) is 0 Å². The Morgan fingerprint density at radius 1 is 1.04 bits per heavy atom. The van der Waals surface area contributed by atoms with E-state index in [0.717, 1.165) is 42.9 Å². The van der Waals surface area contributed by atoms with E-state index in [1.807, 2.05) is 30.3 Å². The van der Waals surface area contributed by atoms with Gasteiger partial charge in [-0.15, -0.1) is 5.10 Å². The fourth-order valence-corrected chi connectivity index (χ4v) is 7.87. The molecule has 5 N–H and O–H groups in total. The Labute approximate surface area is 296 Å². The Hall–Kier alpha value is -4.69. The van der Waals surface area contributed by atoms with E-state index in [1.54, 1.807) is 26.0 Å². The summed E-state index contributed by atoms with van der Waals surface area (Å²) in [6, 6.07) is 10.5. The van der Waals surface area contributed by atoms with Crippen LogP contribution < -0.4 is 16.4 Å². The summed E-state index contributed by atoms with van der Waals surface area (Å²) in [5.41, 5.74) is 3.33. The highest BCUT2D eigenvalue weighted by molar-refractivity contribution is 6.39. The zero-order valence-electron chi connectivity index (χ0n) is 29.2. The smallest absolute Gasteiger partial charge is 0.287 e. The molecule has 6 rings (SSSR count). The first-order chi connectivity index (χ1) is 24.4. The molecule has 1 saturated carbocycles. The van der Waals surface area contributed by atoms with E-state index in [-0.39, 0.29) is 44.9 Å². The molecule has 3 aliphatic rings. The van der Waals surface area contributed by atoms with Gasteiger partial charge in [-0.3, -0.25) is 24.0 Å². The van der Waals surface area contributed by atoms with Gasteiger partial charge in [-0.25, -0.2) is 4.68 Å². The van der Waals surface area contributed by atoms with Crippen LogP contribution in [0.2, 0.25) is 0 Å². The number of aromatic nitrogens is 3. The van der Waals surface area contributed by atoms with Crippen molar-refractivity contribution in [3.63, 3.8) is 0 Å². The van der Waals surface area contributed by atoms with Gasteiger partial charge in [0, 0.05) is 44.6 Å². The molecule has 2 aromatic carbocycles. The van der Waals surface area contributed by atoms with Crippen LogP contribution in [0.1, 0.15) is 93.7 Å². The fraction of sp³-hybridized carbons (Fsp3) is 0.541. The second kappa shape index (κ2) is 14.9. The van der Waals surface area contributed by atoms with Gasteiger partial charge < -0.3 is 31.1 Å². The second-order valence-corrected chi connectivity index (χ2v) is 14.7. The highest BCUT2D eigenvalue weighted by Gasteiger charge is 2.49. The van der Waals surface area contributed by atoms with Crippen LogP contribution in [0.5, 0.6) is 0 Å². The molecule has 2 aliphatic heterocycles. The normalized spacial score (nSPS) is 21.6. The van der Waals surface area contributed by atoms with Crippen molar-refractivity contribution < 1.29 is 33.8 Å². The molecule has 0 spiro atoms. The molecule has 3 atom stereocenters. The molecule has 3 heterocycles. The highest BCUT2D eigenvalue weighted by atomic mass is 16.5. The average Bonchev–Trinajstić information content (AvgIpc) is 3.80. The van der Waals surface area contributed by atoms with Crippen molar-refractivity contribution in [2.45, 2.75) is 101 Å². The Morgan fingerprint density at radius 3 is 2.43 bits per heavy atom. The summed E-state index contributed by atoms with van der Waals surface area (Å²) in [4.78, 5) is 69.6. The number of Topliss-reactive ketones (excluding diaryl/α,β-unsaturated/α-hetero) is 1. The minimum absolute atomic E-state index is 0.0241. The van der Waals surface area contributed by atoms with Crippen LogP contribution in [0.4, 0.5) is 0 Å². The molecule has 51 heavy (non-hydrogen) atoms. The van der Waals surface area contributed by atoms with Crippen molar-refractivity contribution in [3.8, 4) is 0 Å². The number of fused-ring (bicyclic) bond motifs is 1. The van der Waals surface area contributed by atoms with Gasteiger partial charge in [-0.2, -0.15) is 0 Å². The third kappa shape index (κ3) is 7.81. The summed E-state index contributed by atoms with van der Waals surface area (Å²) in [5, 5.41) is 26.8. The van der Waals surface area contributed by atoms with Crippen LogP contribution in [0.25, 0.3) is 10.8 Å². The first kappa shape index (κ1) is 36.1. The van der Waals surface area contributed by atoms with Crippen molar-refractivity contribution in [2.75, 3.05) is 19.8 Å². The molecule has 0 radical (unpaired) electrons. The summed E-state index contributed by atoms with van der Waals surface area (Å²) < 4.78 is 6.95. The summed E-state index contributed by atoms with van der Waals surface area (Å²) >= 11 is 0. The number of benzene rings is 2. The predicted molar refractivity (Wildman–Crippen MR) is 186 cm³/mol. The second-order valence-electron chi connectivity index (χ2n) is 14.7. The molecule has 272 valence electrons. The first-order valence-corrected chi connectivity index (χ1v) is 17.8. The number of amides is 4. The van der Waals surface area contributed by atoms with E-state index in [9.17, 15) is 29.1 Å². The van der Waals surface area contributed by atoms with E-state index in [2.05, 4.69) is 20.9 Å². The van der Waals surface area contributed by atoms with Crippen molar-refractivity contribution in [2.24, 2.45) is 11.7 Å². The molecular weight excluding hydrogens is 654 g/mol. The van der Waals surface area contributed by atoms with Gasteiger partial charge in [-0.05, 0) is 49.1 Å². The number of carbonyl (C=O) groups excluding carboxylic acids is 5. The van der Waals surface area contributed by atoms with Crippen molar-refractivity contribution in [1.29, 1.82) is 0 Å². The number of ether oxygens (including phenoxy) is 1. The number of rotatable bonds is 11. The topological polar surface area (TPSA) is 199 Å². The minimum Gasteiger partial charge on any atom is -0.384 e. The number of aliphatic hydroxyl groups is 1. The number of hydrogen-bond donors (Lipinski definition) is 4. The molecule has 1 aliphatic carbocycles. The van der Waals surface area contributed by atoms with E-state index >= 15 is 0 Å². The number of hydrogen-bond acceptors (Lipinski definition) is 9. The van der Waals surface area contributed by atoms with Crippen molar-refractivity contribution in [3.05, 3.63) is 59.9 Å². The number of primary amides is 1. The van der Waals surface area contributed by atoms with Gasteiger partial charge in [0.25, 0.3) is 11.8 Å². The lowest BCUT2D eigenvalue weighted by Crippen LogP contribution is -2.64. The monoisotopic (exact) mass is 701 g/mol. The Balaban J connectivity index is 1.33. The number of nitrogens with one attached hydrogen (secondary N) is 2. The summed E-state index contributed by atoms with van der Waals surface area (Å²) in [7, 11) is 0. The van der Waals surface area contributed by atoms with Crippen LogP contribution in [0, 0.1) is 5.92 Å². The fourth-order valence-electron chi connectivity index (χ4n) is 7.87. The quantitative estimate of drug-likeness (QED) is 0.217. The first-order valence-electron chi connectivity index (χ1n) is 17.8. The Kier molecular flexibility index (Phi) is 10.5. The molecule has 3 fully saturated rings. The molecule has 4 amide bonds. The number of likely N-dealkylation sites (tertiary alicyclic amines) is 1. The van der Waals surface area contributed by atoms with Gasteiger partial charge in [0.2, 0.25) is 17.6 Å². The Bertz CT molecular complexity index is 1790. The lowest BCUT2D eigenvalue weighted by Gasteiger charge is -2.37. The summed E-state index contributed by atoms with van der Waals surface area (Å²) in [5.74, 6) is -3.37. The van der Waals surface area contributed by atoms with Gasteiger partial charge in [-0.1, -0.05) is 67.6 Å². The standard InChI is InChI=1S/C37H47N7O7/c1-36(2,50)30-21-39-42-44(30)27-20-29(34(48)41-37(31(45)32(38)46)14-16-51-17-15-37)43(22-27)35(49)28(18-23-8-4-3-5-9-23)40-33(47)26-13-12-24-10-6-7-11-25(24)19-26/h6-7,10-13,19,21,23,27-29,50H,3-5,8-9,14-18,20,22H2,1-2H3,(H2,38,46)(H,40,47)(H,41,48)/t27?,28-,29+/m1/s1. The van der Waals surface area contributed by atoms with Crippen LogP contribution >= 0.6 is 0 Å². The molecule has 0 bridgehead atoms. The molecule has 2 saturated heterocycles. The zero-order valence-corrected chi connectivity index (χ0v) is 29.2. The van der Waals surface area contributed by atoms with Crippen LogP contribution in [0.15, 0.2) is 48.7 Å². The SMILES string of the molecule is CC(C)(O)c1cnnn1C1C[C@@H](C(=O)NC2(C(=O)C(N)=O)CCOCC2)N(C(=O)[C@@H](CC2CCCCC2)NC(=O)c2ccc3ccccc3c2)C1. The molecule has 1 unspecified atom stereocenters. The van der Waals surface area contributed by atoms with Crippen LogP contribution in [-0.4, -0.2) is 91.8 Å². The third-order valence-electron chi connectivity index (χ3n) is 10.7. The van der Waals surface area contributed by atoms with Crippen molar-refractivity contribution >= 4 is 40.2 Å². The predicted octanol–water partition coefficient (Wildman–Crippen LogP) is 2.29. The van der Waals surface area contributed by atoms with E-state index in [0.29, 0.717) is 17.7 Å². The number of ketones is 1. The number of carbonyl (C=O) groups is 5. The highest BCUT2D eigenvalue weighted by Crippen LogP contribution is 2.34. The van der Waals surface area contributed by atoms with Crippen molar-refractivity contribution in [1.82, 2.24) is 30.5 Å². The van der Waals surface area contributed by atoms with Gasteiger partial charge in [0.05, 0.1) is 17.9 Å². The van der Waals surface area contributed by atoms with E-state index < -0.39 is 58.7 Å². The molecular formula is C37H47N7O7. The molecule has 1 aromatic heterocycles. The lowest BCUT2D eigenvalue weighted by molar-refractivity contribution is -0.147. The minimum atomic E-state index is -1.58. The van der Waals surface area contributed by atoms with E-state index in [1.165, 1.54) is 15.8 Å². The van der Waals surface area contributed by atoms with Gasteiger partial charge in [0.15, 0.2) is 0 Å². The number of nitrogens with two attached hydrogens (primary N) is 1. The maximum Gasteiger partial charge on any atom is 0.287 e. The largest absolute Gasteiger partial charge is 0.384 e. The molecule has 14 nitrogen and oxygen atoms in total.